The van der Waals surface area contributed by atoms with Crippen LogP contribution in [-0.4, -0.2) is 29.2 Å². The summed E-state index contributed by atoms with van der Waals surface area (Å²) in [6.45, 7) is 1.62. The molecule has 1 amide bonds. The first-order valence-electron chi connectivity index (χ1n) is 9.34. The molecule has 2 aromatic carbocycles. The van der Waals surface area contributed by atoms with E-state index in [1.807, 2.05) is 37.3 Å². The highest BCUT2D eigenvalue weighted by Gasteiger charge is 2.35. The van der Waals surface area contributed by atoms with Crippen LogP contribution in [0.5, 0.6) is 0 Å². The lowest BCUT2D eigenvalue weighted by Gasteiger charge is -2.19. The maximum atomic E-state index is 12.8. The SMILES string of the molecule is Cc1ccc(C2=NN(C(=O)COC(=O)c3ccccc3)[C@H](c3ccco3)C2)cc1. The fourth-order valence-electron chi connectivity index (χ4n) is 3.21. The molecule has 2 heterocycles. The molecule has 0 aliphatic carbocycles. The van der Waals surface area contributed by atoms with E-state index >= 15 is 0 Å². The van der Waals surface area contributed by atoms with E-state index < -0.39 is 18.5 Å². The number of carbonyl (C=O) groups excluding carboxylic acids is 2. The number of hydrogen-bond donors (Lipinski definition) is 0. The van der Waals surface area contributed by atoms with Gasteiger partial charge in [-0.25, -0.2) is 9.80 Å². The van der Waals surface area contributed by atoms with Crippen LogP contribution < -0.4 is 0 Å². The Labute approximate surface area is 168 Å². The quantitative estimate of drug-likeness (QED) is 0.616. The zero-order valence-electron chi connectivity index (χ0n) is 15.9. The van der Waals surface area contributed by atoms with E-state index in [4.69, 9.17) is 9.15 Å². The van der Waals surface area contributed by atoms with Crippen molar-refractivity contribution in [1.29, 1.82) is 0 Å². The fourth-order valence-corrected chi connectivity index (χ4v) is 3.21. The zero-order valence-corrected chi connectivity index (χ0v) is 15.9. The summed E-state index contributed by atoms with van der Waals surface area (Å²) in [6.07, 6.45) is 2.09. The van der Waals surface area contributed by atoms with Crippen molar-refractivity contribution >= 4 is 17.6 Å². The number of amides is 1. The van der Waals surface area contributed by atoms with Crippen molar-refractivity contribution in [1.82, 2.24) is 5.01 Å². The Morgan fingerprint density at radius 3 is 2.52 bits per heavy atom. The summed E-state index contributed by atoms with van der Waals surface area (Å²) in [4.78, 5) is 25.0. The number of ether oxygens (including phenoxy) is 1. The van der Waals surface area contributed by atoms with Gasteiger partial charge in [-0.3, -0.25) is 4.79 Å². The Morgan fingerprint density at radius 1 is 1.07 bits per heavy atom. The molecular weight excluding hydrogens is 368 g/mol. The lowest BCUT2D eigenvalue weighted by molar-refractivity contribution is -0.136. The molecule has 0 saturated heterocycles. The molecule has 0 radical (unpaired) electrons. The maximum absolute atomic E-state index is 12.8. The number of furan rings is 1. The van der Waals surface area contributed by atoms with Crippen LogP contribution in [0, 0.1) is 6.92 Å². The third-order valence-corrected chi connectivity index (χ3v) is 4.76. The molecule has 3 aromatic rings. The smallest absolute Gasteiger partial charge is 0.338 e. The summed E-state index contributed by atoms with van der Waals surface area (Å²) in [5, 5.41) is 5.88. The van der Waals surface area contributed by atoms with Crippen LogP contribution in [0.4, 0.5) is 0 Å². The molecule has 0 unspecified atom stereocenters. The number of aryl methyl sites for hydroxylation is 1. The summed E-state index contributed by atoms with van der Waals surface area (Å²) < 4.78 is 10.7. The van der Waals surface area contributed by atoms with Crippen molar-refractivity contribution in [3.8, 4) is 0 Å². The normalized spacial score (nSPS) is 15.8. The number of nitrogens with zero attached hydrogens (tertiary/aromatic N) is 2. The first kappa shape index (κ1) is 18.7. The second-order valence-corrected chi connectivity index (χ2v) is 6.83. The van der Waals surface area contributed by atoms with E-state index in [0.29, 0.717) is 17.7 Å². The van der Waals surface area contributed by atoms with Gasteiger partial charge < -0.3 is 9.15 Å². The Hall–Kier alpha value is -3.67. The average Bonchev–Trinajstić information content (AvgIpc) is 3.43. The van der Waals surface area contributed by atoms with Gasteiger partial charge in [-0.2, -0.15) is 5.10 Å². The van der Waals surface area contributed by atoms with Gasteiger partial charge in [0.2, 0.25) is 0 Å². The summed E-state index contributed by atoms with van der Waals surface area (Å²) >= 11 is 0. The van der Waals surface area contributed by atoms with E-state index in [2.05, 4.69) is 5.10 Å². The number of benzene rings is 2. The van der Waals surface area contributed by atoms with E-state index in [1.54, 1.807) is 42.7 Å². The van der Waals surface area contributed by atoms with Gasteiger partial charge in [-0.1, -0.05) is 48.0 Å². The van der Waals surface area contributed by atoms with Crippen molar-refractivity contribution < 1.29 is 18.7 Å². The van der Waals surface area contributed by atoms with Crippen LogP contribution >= 0.6 is 0 Å². The van der Waals surface area contributed by atoms with Crippen LogP contribution in [0.3, 0.4) is 0 Å². The Bertz CT molecular complexity index is 1020. The molecule has 6 heteroatoms. The first-order valence-corrected chi connectivity index (χ1v) is 9.34. The molecule has 1 aliphatic rings. The predicted molar refractivity (Wildman–Crippen MR) is 107 cm³/mol. The molecule has 1 aliphatic heterocycles. The van der Waals surface area contributed by atoms with Crippen molar-refractivity contribution in [3.63, 3.8) is 0 Å². The van der Waals surface area contributed by atoms with Crippen LogP contribution in [-0.2, 0) is 9.53 Å². The predicted octanol–water partition coefficient (Wildman–Crippen LogP) is 4.12. The van der Waals surface area contributed by atoms with Gasteiger partial charge in [0, 0.05) is 6.42 Å². The average molecular weight is 388 g/mol. The molecule has 0 saturated carbocycles. The van der Waals surface area contributed by atoms with Gasteiger partial charge in [0.15, 0.2) is 6.61 Å². The molecule has 0 fully saturated rings. The molecule has 1 aromatic heterocycles. The topological polar surface area (TPSA) is 72.1 Å². The number of hydrazone groups is 1. The molecular formula is C23H20N2O4. The molecule has 0 bridgehead atoms. The van der Waals surface area contributed by atoms with E-state index in [0.717, 1.165) is 16.8 Å². The fraction of sp³-hybridized carbons (Fsp3) is 0.174. The standard InChI is InChI=1S/C23H20N2O4/c1-16-9-11-17(12-10-16)19-14-20(21-8-5-13-28-21)25(24-19)22(26)15-29-23(27)18-6-3-2-4-7-18/h2-13,20H,14-15H2,1H3/t20-/m0/s1. The highest BCUT2D eigenvalue weighted by Crippen LogP contribution is 2.33. The van der Waals surface area contributed by atoms with Gasteiger partial charge >= 0.3 is 5.97 Å². The second-order valence-electron chi connectivity index (χ2n) is 6.83. The third-order valence-electron chi connectivity index (χ3n) is 4.76. The Kier molecular flexibility index (Phi) is 5.24. The monoisotopic (exact) mass is 388 g/mol. The summed E-state index contributed by atoms with van der Waals surface area (Å²) in [5.41, 5.74) is 3.28. The molecule has 4 rings (SSSR count). The van der Waals surface area contributed by atoms with E-state index in [-0.39, 0.29) is 6.04 Å². The molecule has 6 nitrogen and oxygen atoms in total. The first-order chi connectivity index (χ1) is 14.1. The highest BCUT2D eigenvalue weighted by molar-refractivity contribution is 6.03. The Balaban J connectivity index is 1.52. The van der Waals surface area contributed by atoms with Crippen molar-refractivity contribution in [3.05, 3.63) is 95.4 Å². The van der Waals surface area contributed by atoms with Crippen LogP contribution in [0.15, 0.2) is 82.5 Å². The van der Waals surface area contributed by atoms with Gasteiger partial charge in [-0.15, -0.1) is 0 Å². The summed E-state index contributed by atoms with van der Waals surface area (Å²) in [7, 11) is 0. The van der Waals surface area contributed by atoms with E-state index in [1.165, 1.54) is 5.01 Å². The highest BCUT2D eigenvalue weighted by atomic mass is 16.5. The minimum Gasteiger partial charge on any atom is -0.467 e. The molecule has 0 N–H and O–H groups in total. The lowest BCUT2D eigenvalue weighted by Crippen LogP contribution is -2.31. The number of carbonyl (C=O) groups is 2. The van der Waals surface area contributed by atoms with Gasteiger partial charge in [0.05, 0.1) is 17.5 Å². The molecule has 29 heavy (non-hydrogen) atoms. The Morgan fingerprint density at radius 2 is 1.83 bits per heavy atom. The van der Waals surface area contributed by atoms with Crippen molar-refractivity contribution in [2.24, 2.45) is 5.10 Å². The number of esters is 1. The molecule has 146 valence electrons. The largest absolute Gasteiger partial charge is 0.467 e. The van der Waals surface area contributed by atoms with Crippen LogP contribution in [0.2, 0.25) is 0 Å². The van der Waals surface area contributed by atoms with Crippen molar-refractivity contribution in [2.45, 2.75) is 19.4 Å². The van der Waals surface area contributed by atoms with Gasteiger partial charge in [-0.05, 0) is 36.8 Å². The van der Waals surface area contributed by atoms with Crippen LogP contribution in [0.1, 0.15) is 39.7 Å². The third kappa shape index (κ3) is 4.11. The summed E-state index contributed by atoms with van der Waals surface area (Å²) in [5.74, 6) is -0.313. The number of hydrogen-bond acceptors (Lipinski definition) is 5. The minimum atomic E-state index is -0.546. The maximum Gasteiger partial charge on any atom is 0.338 e. The van der Waals surface area contributed by atoms with Crippen LogP contribution in [0.25, 0.3) is 0 Å². The molecule has 0 spiro atoms. The van der Waals surface area contributed by atoms with Gasteiger partial charge in [0.1, 0.15) is 11.8 Å². The number of rotatable bonds is 5. The van der Waals surface area contributed by atoms with E-state index in [9.17, 15) is 9.59 Å². The van der Waals surface area contributed by atoms with Crippen molar-refractivity contribution in [2.75, 3.05) is 6.61 Å². The minimum absolute atomic E-state index is 0.371. The summed E-state index contributed by atoms with van der Waals surface area (Å²) in [6, 6.07) is 19.8. The second kappa shape index (κ2) is 8.14. The molecule has 1 atom stereocenters. The lowest BCUT2D eigenvalue weighted by atomic mass is 10.0. The zero-order chi connectivity index (χ0) is 20.2. The van der Waals surface area contributed by atoms with Gasteiger partial charge in [0.25, 0.3) is 5.91 Å².